The van der Waals surface area contributed by atoms with Crippen LogP contribution in [0.5, 0.6) is 0 Å². The van der Waals surface area contributed by atoms with E-state index in [4.69, 9.17) is 10.9 Å². The summed E-state index contributed by atoms with van der Waals surface area (Å²) in [6, 6.07) is 7.81. The van der Waals surface area contributed by atoms with Crippen LogP contribution in [0.25, 0.3) is 0 Å². The standard InChI is InChI=1S/C12H18N2OS/c1-2-3-7-16-9-10-5-4-6-11(8-10)12(13)14-15/h4-6,8,15H,2-3,7,9H2,1H3,(H2,13,14). The molecule has 0 unspecified atom stereocenters. The van der Waals surface area contributed by atoms with Crippen molar-refractivity contribution in [1.82, 2.24) is 0 Å². The number of benzene rings is 1. The SMILES string of the molecule is CCCCSCc1cccc(/C(N)=N/O)c1. The van der Waals surface area contributed by atoms with Gasteiger partial charge in [0.25, 0.3) is 0 Å². The van der Waals surface area contributed by atoms with Gasteiger partial charge in [-0.2, -0.15) is 11.8 Å². The Hall–Kier alpha value is -1.16. The molecular formula is C12H18N2OS. The molecule has 16 heavy (non-hydrogen) atoms. The van der Waals surface area contributed by atoms with Crippen molar-refractivity contribution in [2.75, 3.05) is 5.75 Å². The summed E-state index contributed by atoms with van der Waals surface area (Å²) >= 11 is 1.92. The molecule has 3 nitrogen and oxygen atoms in total. The fourth-order valence-electron chi connectivity index (χ4n) is 1.31. The zero-order chi connectivity index (χ0) is 11.8. The molecule has 0 aliphatic heterocycles. The third-order valence-corrected chi connectivity index (χ3v) is 3.36. The maximum Gasteiger partial charge on any atom is 0.170 e. The van der Waals surface area contributed by atoms with Gasteiger partial charge < -0.3 is 10.9 Å². The van der Waals surface area contributed by atoms with Gasteiger partial charge in [-0.05, 0) is 23.8 Å². The van der Waals surface area contributed by atoms with Crippen LogP contribution in [-0.2, 0) is 5.75 Å². The molecule has 0 heterocycles. The van der Waals surface area contributed by atoms with E-state index >= 15 is 0 Å². The van der Waals surface area contributed by atoms with E-state index in [9.17, 15) is 0 Å². The number of unbranched alkanes of at least 4 members (excludes halogenated alkanes) is 1. The van der Waals surface area contributed by atoms with E-state index in [0.717, 1.165) is 11.3 Å². The van der Waals surface area contributed by atoms with Crippen LogP contribution in [0, 0.1) is 0 Å². The third-order valence-electron chi connectivity index (χ3n) is 2.24. The molecule has 1 rings (SSSR count). The van der Waals surface area contributed by atoms with Crippen LogP contribution >= 0.6 is 11.8 Å². The van der Waals surface area contributed by atoms with Gasteiger partial charge in [0.1, 0.15) is 0 Å². The smallest absolute Gasteiger partial charge is 0.170 e. The van der Waals surface area contributed by atoms with Crippen LogP contribution in [-0.4, -0.2) is 16.8 Å². The van der Waals surface area contributed by atoms with Crippen molar-refractivity contribution >= 4 is 17.6 Å². The Morgan fingerprint density at radius 2 is 2.31 bits per heavy atom. The Labute approximate surface area is 101 Å². The molecule has 0 atom stereocenters. The molecule has 0 bridgehead atoms. The van der Waals surface area contributed by atoms with Gasteiger partial charge in [-0.15, -0.1) is 0 Å². The van der Waals surface area contributed by atoms with Crippen LogP contribution in [0.2, 0.25) is 0 Å². The van der Waals surface area contributed by atoms with Crippen molar-refractivity contribution in [3.8, 4) is 0 Å². The molecule has 1 aromatic rings. The van der Waals surface area contributed by atoms with Gasteiger partial charge in [0.15, 0.2) is 5.84 Å². The minimum atomic E-state index is 0.167. The summed E-state index contributed by atoms with van der Waals surface area (Å²) < 4.78 is 0. The lowest BCUT2D eigenvalue weighted by Gasteiger charge is -2.04. The van der Waals surface area contributed by atoms with Crippen molar-refractivity contribution in [3.05, 3.63) is 35.4 Å². The Balaban J connectivity index is 2.54. The Kier molecular flexibility index (Phi) is 5.78. The van der Waals surface area contributed by atoms with Crippen LogP contribution in [0.4, 0.5) is 0 Å². The molecule has 3 N–H and O–H groups in total. The van der Waals surface area contributed by atoms with Gasteiger partial charge in [0.2, 0.25) is 0 Å². The Bertz CT molecular complexity index is 353. The molecule has 0 radical (unpaired) electrons. The molecule has 0 aliphatic carbocycles. The highest BCUT2D eigenvalue weighted by atomic mass is 32.2. The van der Waals surface area contributed by atoms with Crippen molar-refractivity contribution in [3.63, 3.8) is 0 Å². The normalized spacial score (nSPS) is 11.7. The summed E-state index contributed by atoms with van der Waals surface area (Å²) in [5.74, 6) is 2.33. The van der Waals surface area contributed by atoms with E-state index in [0.29, 0.717) is 0 Å². The first-order chi connectivity index (χ1) is 7.77. The van der Waals surface area contributed by atoms with Crippen LogP contribution in [0.15, 0.2) is 29.4 Å². The van der Waals surface area contributed by atoms with Gasteiger partial charge in [-0.1, -0.05) is 36.7 Å². The molecule has 0 amide bonds. The molecule has 4 heteroatoms. The summed E-state index contributed by atoms with van der Waals surface area (Å²) in [6.07, 6.45) is 2.49. The average Bonchev–Trinajstić information content (AvgIpc) is 2.34. The van der Waals surface area contributed by atoms with E-state index in [1.54, 1.807) is 0 Å². The number of nitrogens with two attached hydrogens (primary N) is 1. The second-order valence-corrected chi connectivity index (χ2v) is 4.70. The Morgan fingerprint density at radius 1 is 1.50 bits per heavy atom. The highest BCUT2D eigenvalue weighted by Gasteiger charge is 2.00. The highest BCUT2D eigenvalue weighted by molar-refractivity contribution is 7.98. The summed E-state index contributed by atoms with van der Waals surface area (Å²) in [5.41, 5.74) is 7.52. The van der Waals surface area contributed by atoms with Gasteiger partial charge in [-0.25, -0.2) is 0 Å². The van der Waals surface area contributed by atoms with Crippen molar-refractivity contribution in [2.24, 2.45) is 10.9 Å². The fraction of sp³-hybridized carbons (Fsp3) is 0.417. The molecular weight excluding hydrogens is 220 g/mol. The van der Waals surface area contributed by atoms with Crippen LogP contribution < -0.4 is 5.73 Å². The minimum absolute atomic E-state index is 0.167. The lowest BCUT2D eigenvalue weighted by Crippen LogP contribution is -2.13. The van der Waals surface area contributed by atoms with Crippen molar-refractivity contribution in [2.45, 2.75) is 25.5 Å². The maximum absolute atomic E-state index is 8.58. The van der Waals surface area contributed by atoms with Crippen LogP contribution in [0.1, 0.15) is 30.9 Å². The predicted octanol–water partition coefficient (Wildman–Crippen LogP) is 2.81. The lowest BCUT2D eigenvalue weighted by molar-refractivity contribution is 0.318. The first-order valence-corrected chi connectivity index (χ1v) is 6.58. The monoisotopic (exact) mass is 238 g/mol. The second-order valence-electron chi connectivity index (χ2n) is 3.59. The second kappa shape index (κ2) is 7.17. The van der Waals surface area contributed by atoms with Gasteiger partial charge >= 0.3 is 0 Å². The highest BCUT2D eigenvalue weighted by Crippen LogP contribution is 2.15. The first-order valence-electron chi connectivity index (χ1n) is 5.42. The topological polar surface area (TPSA) is 58.6 Å². The summed E-state index contributed by atoms with van der Waals surface area (Å²) in [4.78, 5) is 0. The quantitative estimate of drug-likeness (QED) is 0.263. The number of oxime groups is 1. The molecule has 1 aromatic carbocycles. The molecule has 0 spiro atoms. The number of hydrogen-bond acceptors (Lipinski definition) is 3. The molecule has 88 valence electrons. The van der Waals surface area contributed by atoms with E-state index in [1.807, 2.05) is 30.0 Å². The minimum Gasteiger partial charge on any atom is -0.409 e. The van der Waals surface area contributed by atoms with Gasteiger partial charge in [-0.3, -0.25) is 0 Å². The summed E-state index contributed by atoms with van der Waals surface area (Å²) in [7, 11) is 0. The number of hydrogen-bond donors (Lipinski definition) is 2. The zero-order valence-corrected chi connectivity index (χ0v) is 10.3. The Morgan fingerprint density at radius 3 is 3.00 bits per heavy atom. The predicted molar refractivity (Wildman–Crippen MR) is 70.0 cm³/mol. The van der Waals surface area contributed by atoms with E-state index < -0.39 is 0 Å². The molecule has 0 saturated carbocycles. The van der Waals surface area contributed by atoms with Crippen LogP contribution in [0.3, 0.4) is 0 Å². The molecule has 0 aromatic heterocycles. The third kappa shape index (κ3) is 4.14. The number of amidine groups is 1. The van der Waals surface area contributed by atoms with Crippen molar-refractivity contribution < 1.29 is 5.21 Å². The van der Waals surface area contributed by atoms with Gasteiger partial charge in [0, 0.05) is 11.3 Å². The van der Waals surface area contributed by atoms with Gasteiger partial charge in [0.05, 0.1) is 0 Å². The van der Waals surface area contributed by atoms with E-state index in [1.165, 1.54) is 24.2 Å². The lowest BCUT2D eigenvalue weighted by atomic mass is 10.1. The molecule has 0 saturated heterocycles. The average molecular weight is 238 g/mol. The number of nitrogens with zero attached hydrogens (tertiary/aromatic N) is 1. The first kappa shape index (κ1) is 12.9. The van der Waals surface area contributed by atoms with Crippen molar-refractivity contribution in [1.29, 1.82) is 0 Å². The summed E-state index contributed by atoms with van der Waals surface area (Å²) in [5, 5.41) is 11.6. The number of rotatable bonds is 6. The molecule has 0 fully saturated rings. The number of thioether (sulfide) groups is 1. The molecule has 0 aliphatic rings. The fourth-order valence-corrected chi connectivity index (χ4v) is 2.37. The maximum atomic E-state index is 8.58. The van der Waals surface area contributed by atoms with E-state index in [2.05, 4.69) is 18.1 Å². The zero-order valence-electron chi connectivity index (χ0n) is 9.52. The van der Waals surface area contributed by atoms with E-state index in [-0.39, 0.29) is 5.84 Å². The summed E-state index contributed by atoms with van der Waals surface area (Å²) in [6.45, 7) is 2.19. The largest absolute Gasteiger partial charge is 0.409 e.